The van der Waals surface area contributed by atoms with Gasteiger partial charge >= 0.3 is 17.9 Å². The van der Waals surface area contributed by atoms with E-state index in [4.69, 9.17) is 24.7 Å². The van der Waals surface area contributed by atoms with Crippen molar-refractivity contribution < 1.29 is 33.3 Å². The van der Waals surface area contributed by atoms with E-state index in [0.717, 1.165) is 22.1 Å². The smallest absolute Gasteiger partial charge is 0.348 e. The maximum Gasteiger partial charge on any atom is 0.348 e. The van der Waals surface area contributed by atoms with Crippen LogP contribution < -0.4 is 10.5 Å². The molecule has 0 atom stereocenters. The minimum absolute atomic E-state index is 0.0221. The summed E-state index contributed by atoms with van der Waals surface area (Å²) in [7, 11) is 2.38. The highest BCUT2D eigenvalue weighted by atomic mass is 32.1. The summed E-state index contributed by atoms with van der Waals surface area (Å²) in [4.78, 5) is 36.2. The third-order valence-electron chi connectivity index (χ3n) is 4.25. The van der Waals surface area contributed by atoms with Crippen LogP contribution in [0.5, 0.6) is 5.75 Å². The molecule has 0 spiro atoms. The molecule has 156 valence electrons. The van der Waals surface area contributed by atoms with Gasteiger partial charge in [0.25, 0.3) is 0 Å². The number of benzene rings is 2. The van der Waals surface area contributed by atoms with E-state index in [-0.39, 0.29) is 34.2 Å². The summed E-state index contributed by atoms with van der Waals surface area (Å²) in [6.45, 7) is -0.707. The van der Waals surface area contributed by atoms with Gasteiger partial charge in [0.05, 0.1) is 14.2 Å². The van der Waals surface area contributed by atoms with Crippen molar-refractivity contribution in [2.75, 3.05) is 26.6 Å². The Kier molecular flexibility index (Phi) is 6.53. The number of anilines is 1. The Bertz CT molecular complexity index is 1110. The van der Waals surface area contributed by atoms with E-state index in [1.54, 1.807) is 6.07 Å². The van der Waals surface area contributed by atoms with E-state index < -0.39 is 17.9 Å². The van der Waals surface area contributed by atoms with Gasteiger partial charge in [-0.2, -0.15) is 0 Å². The van der Waals surface area contributed by atoms with Crippen LogP contribution in [0.4, 0.5) is 5.00 Å². The number of hydrogen-bond donors (Lipinski definition) is 1. The van der Waals surface area contributed by atoms with Crippen molar-refractivity contribution in [2.24, 2.45) is 0 Å². The fraction of sp³-hybridized carbons (Fsp3) is 0.190. The van der Waals surface area contributed by atoms with E-state index in [1.807, 2.05) is 36.4 Å². The van der Waals surface area contributed by atoms with Gasteiger partial charge in [0, 0.05) is 5.56 Å². The number of fused-ring (bicyclic) bond motifs is 1. The van der Waals surface area contributed by atoms with E-state index in [2.05, 4.69) is 0 Å². The molecule has 8 nitrogen and oxygen atoms in total. The molecular formula is C21H19NO7S. The zero-order valence-electron chi connectivity index (χ0n) is 16.3. The number of carbonyl (C=O) groups is 3. The standard InChI is InChI=1S/C21H19NO7S/c1-26-20(24)17-15(18(21(25)27-2)30-19(17)22)10-29-16(23)11-28-14-8-7-12-5-3-4-6-13(12)9-14/h3-9H,10-11,22H2,1-2H3. The molecule has 30 heavy (non-hydrogen) atoms. The van der Waals surface area contributed by atoms with Gasteiger partial charge in [0.15, 0.2) is 6.61 Å². The Morgan fingerprint density at radius 3 is 2.37 bits per heavy atom. The summed E-state index contributed by atoms with van der Waals surface area (Å²) in [6, 6.07) is 13.2. The molecule has 2 N–H and O–H groups in total. The second-order valence-corrected chi connectivity index (χ2v) is 7.14. The van der Waals surface area contributed by atoms with E-state index in [1.165, 1.54) is 14.2 Å². The number of nitrogen functional groups attached to an aromatic ring is 1. The summed E-state index contributed by atoms with van der Waals surface area (Å²) in [6.07, 6.45) is 0. The molecule has 0 bridgehead atoms. The van der Waals surface area contributed by atoms with Crippen LogP contribution in [0.15, 0.2) is 42.5 Å². The number of hydrogen-bond acceptors (Lipinski definition) is 9. The van der Waals surface area contributed by atoms with E-state index >= 15 is 0 Å². The monoisotopic (exact) mass is 429 g/mol. The Morgan fingerprint density at radius 2 is 1.67 bits per heavy atom. The summed E-state index contributed by atoms with van der Waals surface area (Å²) in [5.74, 6) is -1.60. The Labute approximate surface area is 176 Å². The van der Waals surface area contributed by atoms with Gasteiger partial charge in [-0.3, -0.25) is 0 Å². The molecule has 0 aliphatic carbocycles. The SMILES string of the molecule is COC(=O)c1sc(N)c(C(=O)OC)c1COC(=O)COc1ccc2ccccc2c1. The third-order valence-corrected chi connectivity index (χ3v) is 5.29. The molecule has 0 fully saturated rings. The first-order valence-corrected chi connectivity index (χ1v) is 9.61. The Morgan fingerprint density at radius 1 is 0.967 bits per heavy atom. The third kappa shape index (κ3) is 4.52. The van der Waals surface area contributed by atoms with Gasteiger partial charge in [0.1, 0.15) is 27.8 Å². The summed E-state index contributed by atoms with van der Waals surface area (Å²) < 4.78 is 20.1. The predicted molar refractivity (Wildman–Crippen MR) is 111 cm³/mol. The second-order valence-electron chi connectivity index (χ2n) is 6.09. The van der Waals surface area contributed by atoms with Crippen LogP contribution in [0.2, 0.25) is 0 Å². The lowest BCUT2D eigenvalue weighted by atomic mass is 10.1. The molecule has 0 unspecified atom stereocenters. The van der Waals surface area contributed by atoms with Crippen LogP contribution in [-0.2, 0) is 25.6 Å². The van der Waals surface area contributed by atoms with Crippen LogP contribution in [0.25, 0.3) is 10.8 Å². The molecule has 0 saturated carbocycles. The minimum Gasteiger partial charge on any atom is -0.482 e. The topological polar surface area (TPSA) is 114 Å². The van der Waals surface area contributed by atoms with Crippen molar-refractivity contribution in [2.45, 2.75) is 6.61 Å². The number of ether oxygens (including phenoxy) is 4. The number of carbonyl (C=O) groups excluding carboxylic acids is 3. The summed E-state index contributed by atoms with van der Waals surface area (Å²) >= 11 is 0.860. The molecule has 0 saturated heterocycles. The molecule has 3 rings (SSSR count). The van der Waals surface area contributed by atoms with Crippen molar-refractivity contribution >= 4 is 45.0 Å². The number of thiophene rings is 1. The number of rotatable bonds is 7. The maximum atomic E-state index is 12.2. The highest BCUT2D eigenvalue weighted by Crippen LogP contribution is 2.33. The summed E-state index contributed by atoms with van der Waals surface area (Å²) in [5.41, 5.74) is 5.95. The van der Waals surface area contributed by atoms with Gasteiger partial charge in [-0.05, 0) is 22.9 Å². The lowest BCUT2D eigenvalue weighted by Gasteiger charge is -2.09. The Hall–Kier alpha value is -3.59. The van der Waals surface area contributed by atoms with Gasteiger partial charge in [-0.15, -0.1) is 11.3 Å². The highest BCUT2D eigenvalue weighted by molar-refractivity contribution is 7.18. The van der Waals surface area contributed by atoms with E-state index in [9.17, 15) is 14.4 Å². The first-order valence-electron chi connectivity index (χ1n) is 8.79. The maximum absolute atomic E-state index is 12.2. The number of esters is 3. The molecule has 0 radical (unpaired) electrons. The van der Waals surface area contributed by atoms with Gasteiger partial charge in [-0.25, -0.2) is 14.4 Å². The van der Waals surface area contributed by atoms with Crippen molar-refractivity contribution in [3.8, 4) is 5.75 Å². The molecule has 2 aromatic carbocycles. The predicted octanol–water partition coefficient (Wildman–Crippen LogP) is 3.18. The Balaban J connectivity index is 1.68. The molecule has 9 heteroatoms. The lowest BCUT2D eigenvalue weighted by molar-refractivity contribution is -0.147. The molecule has 0 aliphatic rings. The minimum atomic E-state index is -0.739. The van der Waals surface area contributed by atoms with Crippen LogP contribution in [0.3, 0.4) is 0 Å². The highest BCUT2D eigenvalue weighted by Gasteiger charge is 2.28. The van der Waals surface area contributed by atoms with Crippen LogP contribution >= 0.6 is 11.3 Å². The van der Waals surface area contributed by atoms with Crippen LogP contribution in [0.1, 0.15) is 25.6 Å². The molecule has 0 aliphatic heterocycles. The lowest BCUT2D eigenvalue weighted by Crippen LogP contribution is -2.17. The quantitative estimate of drug-likeness (QED) is 0.450. The molecule has 3 aromatic rings. The zero-order valence-corrected chi connectivity index (χ0v) is 17.1. The van der Waals surface area contributed by atoms with Crippen molar-refractivity contribution in [3.05, 3.63) is 58.5 Å². The van der Waals surface area contributed by atoms with Gasteiger partial charge in [0.2, 0.25) is 0 Å². The molecule has 1 aromatic heterocycles. The number of nitrogens with two attached hydrogens (primary N) is 1. The largest absolute Gasteiger partial charge is 0.482 e. The number of methoxy groups -OCH3 is 2. The first kappa shape index (κ1) is 21.1. The molecule has 0 amide bonds. The van der Waals surface area contributed by atoms with Crippen LogP contribution in [-0.4, -0.2) is 38.7 Å². The van der Waals surface area contributed by atoms with Crippen molar-refractivity contribution in [1.29, 1.82) is 0 Å². The summed E-state index contributed by atoms with van der Waals surface area (Å²) in [5, 5.41) is 2.09. The fourth-order valence-corrected chi connectivity index (χ4v) is 3.78. The van der Waals surface area contributed by atoms with Crippen molar-refractivity contribution in [3.63, 3.8) is 0 Å². The zero-order chi connectivity index (χ0) is 21.7. The second kappa shape index (κ2) is 9.27. The van der Waals surface area contributed by atoms with Gasteiger partial charge in [-0.1, -0.05) is 30.3 Å². The fourth-order valence-electron chi connectivity index (χ4n) is 2.80. The first-order chi connectivity index (χ1) is 14.4. The average molecular weight is 429 g/mol. The molecular weight excluding hydrogens is 410 g/mol. The normalized spacial score (nSPS) is 10.5. The van der Waals surface area contributed by atoms with Gasteiger partial charge < -0.3 is 24.7 Å². The average Bonchev–Trinajstić information content (AvgIpc) is 3.10. The van der Waals surface area contributed by atoms with Crippen molar-refractivity contribution in [1.82, 2.24) is 0 Å². The molecule has 1 heterocycles. The van der Waals surface area contributed by atoms with Crippen LogP contribution in [0, 0.1) is 0 Å². The van der Waals surface area contributed by atoms with E-state index in [0.29, 0.717) is 5.75 Å².